The van der Waals surface area contributed by atoms with Crippen molar-refractivity contribution in [3.63, 3.8) is 0 Å². The van der Waals surface area contributed by atoms with Gasteiger partial charge in [-0.1, -0.05) is 6.42 Å². The molecule has 0 radical (unpaired) electrons. The van der Waals surface area contributed by atoms with Crippen LogP contribution in [0, 0.1) is 11.8 Å². The van der Waals surface area contributed by atoms with E-state index in [1.54, 1.807) is 4.90 Å². The zero-order chi connectivity index (χ0) is 23.9. The average Bonchev–Trinajstić information content (AvgIpc) is 3.15. The molecule has 5 aliphatic rings. The summed E-state index contributed by atoms with van der Waals surface area (Å²) in [5.74, 6) is 2.09. The van der Waals surface area contributed by atoms with Gasteiger partial charge in [-0.05, 0) is 93.6 Å². The molecule has 8 nitrogen and oxygen atoms in total. The minimum atomic E-state index is -0.816. The van der Waals surface area contributed by atoms with Gasteiger partial charge in [0.1, 0.15) is 24.1 Å². The molecule has 0 bridgehead atoms. The quantitative estimate of drug-likeness (QED) is 0.593. The van der Waals surface area contributed by atoms with Crippen molar-refractivity contribution in [3.8, 4) is 5.75 Å². The molecule has 3 N–H and O–H groups in total. The Bertz CT molecular complexity index is 958. The van der Waals surface area contributed by atoms with Crippen molar-refractivity contribution in [2.45, 2.75) is 82.3 Å². The number of fused-ring (bicyclic) bond motifs is 1. The number of ether oxygens (including phenoxy) is 1. The summed E-state index contributed by atoms with van der Waals surface area (Å²) in [7, 11) is 0. The van der Waals surface area contributed by atoms with Crippen LogP contribution < -0.4 is 15.4 Å². The number of piperidine rings is 2. The number of aliphatic hydroxyl groups excluding tert-OH is 1. The monoisotopic (exact) mass is 482 g/mol. The first-order chi connectivity index (χ1) is 17.1. The number of nitrogens with zero attached hydrogens (tertiary/aromatic N) is 2. The molecule has 190 valence electrons. The molecule has 5 atom stereocenters. The number of benzene rings is 1. The summed E-state index contributed by atoms with van der Waals surface area (Å²) in [4.78, 5) is 29.7. The molecule has 0 spiro atoms. The van der Waals surface area contributed by atoms with E-state index in [1.165, 1.54) is 58.3 Å². The van der Waals surface area contributed by atoms with Gasteiger partial charge in [-0.3, -0.25) is 14.5 Å². The molecule has 4 heterocycles. The van der Waals surface area contributed by atoms with Crippen LogP contribution >= 0.6 is 0 Å². The molecule has 1 aliphatic carbocycles. The Labute approximate surface area is 207 Å². The predicted molar refractivity (Wildman–Crippen MR) is 131 cm³/mol. The molecule has 4 fully saturated rings. The molecular formula is C27H38N4O4. The summed E-state index contributed by atoms with van der Waals surface area (Å²) in [5.41, 5.74) is 1.58. The van der Waals surface area contributed by atoms with Gasteiger partial charge in [0.2, 0.25) is 5.91 Å². The summed E-state index contributed by atoms with van der Waals surface area (Å²) >= 11 is 0. The van der Waals surface area contributed by atoms with Crippen LogP contribution in [0.1, 0.15) is 67.3 Å². The van der Waals surface area contributed by atoms with E-state index in [2.05, 4.69) is 15.5 Å². The fraction of sp³-hybridized carbons (Fsp3) is 0.704. The number of amides is 2. The Balaban J connectivity index is 1.10. The highest BCUT2D eigenvalue weighted by Crippen LogP contribution is 2.37. The third kappa shape index (κ3) is 4.56. The molecule has 0 aromatic heterocycles. The van der Waals surface area contributed by atoms with Crippen molar-refractivity contribution in [3.05, 3.63) is 29.3 Å². The average molecular weight is 483 g/mol. The SMILES string of the molecule is O=C1NC(O)CCC1N1Cc2cc(O[C@H]3CCCC[C@@H]3N3CC(C4CCCNC4)C3)ccc2C1=O. The lowest BCUT2D eigenvalue weighted by atomic mass is 9.78. The van der Waals surface area contributed by atoms with Crippen LogP contribution in [-0.4, -0.2) is 77.3 Å². The van der Waals surface area contributed by atoms with Gasteiger partial charge < -0.3 is 25.4 Å². The second-order valence-electron chi connectivity index (χ2n) is 11.2. The van der Waals surface area contributed by atoms with Crippen molar-refractivity contribution in [2.24, 2.45) is 11.8 Å². The number of carbonyl (C=O) groups excluding carboxylic acids is 2. The second kappa shape index (κ2) is 9.71. The van der Waals surface area contributed by atoms with E-state index >= 15 is 0 Å². The van der Waals surface area contributed by atoms with Crippen molar-refractivity contribution in [1.82, 2.24) is 20.4 Å². The van der Waals surface area contributed by atoms with Crippen LogP contribution in [0.2, 0.25) is 0 Å². The highest BCUT2D eigenvalue weighted by Gasteiger charge is 2.42. The van der Waals surface area contributed by atoms with Gasteiger partial charge in [0.05, 0.1) is 0 Å². The van der Waals surface area contributed by atoms with Crippen LogP contribution in [0.15, 0.2) is 18.2 Å². The van der Waals surface area contributed by atoms with E-state index in [9.17, 15) is 14.7 Å². The minimum absolute atomic E-state index is 0.109. The Hall–Kier alpha value is -2.16. The van der Waals surface area contributed by atoms with Crippen molar-refractivity contribution >= 4 is 11.8 Å². The molecular weight excluding hydrogens is 444 g/mol. The van der Waals surface area contributed by atoms with Gasteiger partial charge in [-0.25, -0.2) is 0 Å². The van der Waals surface area contributed by atoms with E-state index in [0.717, 1.165) is 29.6 Å². The molecule has 3 saturated heterocycles. The number of hydrogen-bond acceptors (Lipinski definition) is 6. The Morgan fingerprint density at radius 2 is 1.83 bits per heavy atom. The third-order valence-corrected chi connectivity index (χ3v) is 8.97. The van der Waals surface area contributed by atoms with Crippen molar-refractivity contribution < 1.29 is 19.4 Å². The summed E-state index contributed by atoms with van der Waals surface area (Å²) in [6, 6.07) is 5.73. The maximum Gasteiger partial charge on any atom is 0.255 e. The Morgan fingerprint density at radius 1 is 0.971 bits per heavy atom. The van der Waals surface area contributed by atoms with Crippen LogP contribution in [0.4, 0.5) is 0 Å². The maximum atomic E-state index is 13.0. The summed E-state index contributed by atoms with van der Waals surface area (Å²) < 4.78 is 6.59. The van der Waals surface area contributed by atoms with E-state index < -0.39 is 12.3 Å². The molecule has 1 aromatic carbocycles. The van der Waals surface area contributed by atoms with Gasteiger partial charge in [-0.2, -0.15) is 0 Å². The molecule has 3 unspecified atom stereocenters. The van der Waals surface area contributed by atoms with E-state index in [0.29, 0.717) is 31.0 Å². The molecule has 8 heteroatoms. The number of carbonyl (C=O) groups is 2. The largest absolute Gasteiger partial charge is 0.489 e. The topological polar surface area (TPSA) is 94.1 Å². The first kappa shape index (κ1) is 23.3. The lowest BCUT2D eigenvalue weighted by Crippen LogP contribution is -2.60. The molecule has 6 rings (SSSR count). The zero-order valence-corrected chi connectivity index (χ0v) is 20.5. The van der Waals surface area contributed by atoms with Gasteiger partial charge in [0.15, 0.2) is 0 Å². The number of aliphatic hydroxyl groups is 1. The number of likely N-dealkylation sites (tertiary alicyclic amines) is 1. The van der Waals surface area contributed by atoms with Gasteiger partial charge >= 0.3 is 0 Å². The van der Waals surface area contributed by atoms with Crippen LogP contribution in [-0.2, 0) is 11.3 Å². The summed E-state index contributed by atoms with van der Waals surface area (Å²) in [5, 5.41) is 15.8. The molecule has 1 saturated carbocycles. The third-order valence-electron chi connectivity index (χ3n) is 8.97. The molecule has 1 aromatic rings. The maximum absolute atomic E-state index is 13.0. The van der Waals surface area contributed by atoms with E-state index in [1.807, 2.05) is 18.2 Å². The van der Waals surface area contributed by atoms with Crippen molar-refractivity contribution in [2.75, 3.05) is 26.2 Å². The van der Waals surface area contributed by atoms with Gasteiger partial charge in [0, 0.05) is 31.2 Å². The summed E-state index contributed by atoms with van der Waals surface area (Å²) in [6.07, 6.45) is 7.72. The normalized spacial score (nSPS) is 34.3. The number of rotatable bonds is 5. The minimum Gasteiger partial charge on any atom is -0.489 e. The summed E-state index contributed by atoms with van der Waals surface area (Å²) in [6.45, 7) is 5.16. The van der Waals surface area contributed by atoms with Crippen molar-refractivity contribution in [1.29, 1.82) is 0 Å². The van der Waals surface area contributed by atoms with E-state index in [-0.39, 0.29) is 17.9 Å². The highest BCUT2D eigenvalue weighted by molar-refractivity contribution is 6.01. The fourth-order valence-corrected chi connectivity index (χ4v) is 6.93. The number of nitrogens with one attached hydrogen (secondary N) is 2. The lowest BCUT2D eigenvalue weighted by Gasteiger charge is -2.51. The first-order valence-corrected chi connectivity index (χ1v) is 13.6. The van der Waals surface area contributed by atoms with Crippen LogP contribution in [0.3, 0.4) is 0 Å². The van der Waals surface area contributed by atoms with Gasteiger partial charge in [0.25, 0.3) is 5.91 Å². The number of hydrogen-bond donors (Lipinski definition) is 3. The molecule has 2 amide bonds. The fourth-order valence-electron chi connectivity index (χ4n) is 6.93. The Morgan fingerprint density at radius 3 is 2.63 bits per heavy atom. The molecule has 4 aliphatic heterocycles. The first-order valence-electron chi connectivity index (χ1n) is 13.6. The van der Waals surface area contributed by atoms with Gasteiger partial charge in [-0.15, -0.1) is 0 Å². The predicted octanol–water partition coefficient (Wildman–Crippen LogP) is 1.86. The van der Waals surface area contributed by atoms with Crippen LogP contribution in [0.25, 0.3) is 0 Å². The molecule has 35 heavy (non-hydrogen) atoms. The standard InChI is InChI=1S/C27H38N4O4/c32-25-10-9-23(26(33)29-25)31-16-18-12-20(7-8-21(18)27(31)34)35-24-6-2-1-5-22(24)30-14-19(15-30)17-4-3-11-28-13-17/h7-8,12,17,19,22-25,28,32H,1-6,9-11,13-16H2,(H,29,33)/t17?,22-,23?,24-,25?/m0/s1. The Kier molecular flexibility index (Phi) is 6.45. The van der Waals surface area contributed by atoms with E-state index in [4.69, 9.17) is 4.74 Å². The second-order valence-corrected chi connectivity index (χ2v) is 11.2. The lowest BCUT2D eigenvalue weighted by molar-refractivity contribution is -0.132. The smallest absolute Gasteiger partial charge is 0.255 e. The highest BCUT2D eigenvalue weighted by atomic mass is 16.5. The van der Waals surface area contributed by atoms with Crippen LogP contribution in [0.5, 0.6) is 5.75 Å². The zero-order valence-electron chi connectivity index (χ0n) is 20.5.